The number of fused-ring (bicyclic) bond motifs is 1. The largest absolute Gasteiger partial charge is 0.312 e. The number of hydrogen-bond acceptors (Lipinski definition) is 4. The molecule has 0 aliphatic heterocycles. The molecule has 2 aromatic rings. The first-order chi connectivity index (χ1) is 10.1. The maximum Gasteiger partial charge on any atom is 0.191 e. The van der Waals surface area contributed by atoms with Crippen LogP contribution < -0.4 is 5.32 Å². The van der Waals surface area contributed by atoms with Crippen molar-refractivity contribution in [2.45, 2.75) is 42.6 Å². The lowest BCUT2D eigenvalue weighted by molar-refractivity contribution is 0.471. The summed E-state index contributed by atoms with van der Waals surface area (Å²) in [5.41, 5.74) is 2.90. The van der Waals surface area contributed by atoms with Gasteiger partial charge in [-0.05, 0) is 37.4 Å². The molecule has 0 saturated heterocycles. The van der Waals surface area contributed by atoms with E-state index < -0.39 is 0 Å². The van der Waals surface area contributed by atoms with E-state index >= 15 is 0 Å². The molecule has 0 bridgehead atoms. The van der Waals surface area contributed by atoms with Crippen molar-refractivity contribution in [1.29, 1.82) is 0 Å². The number of nitrogens with one attached hydrogen (secondary N) is 1. The molecule has 4 nitrogen and oxygen atoms in total. The molecular weight excluding hydrogens is 280 g/mol. The van der Waals surface area contributed by atoms with Crippen molar-refractivity contribution in [1.82, 2.24) is 20.1 Å². The van der Waals surface area contributed by atoms with E-state index in [1.807, 2.05) is 32.8 Å². The molecule has 0 amide bonds. The Hall–Kier alpha value is -1.33. The van der Waals surface area contributed by atoms with Crippen molar-refractivity contribution in [3.63, 3.8) is 0 Å². The molecule has 3 unspecified atom stereocenters. The zero-order valence-corrected chi connectivity index (χ0v) is 13.8. The normalized spacial score (nSPS) is 24.9. The average Bonchev–Trinajstić information content (AvgIpc) is 2.80. The molecular formula is C16H22N4S. The van der Waals surface area contributed by atoms with E-state index in [4.69, 9.17) is 0 Å². The summed E-state index contributed by atoms with van der Waals surface area (Å²) in [7, 11) is 4.08. The molecule has 1 aliphatic carbocycles. The molecule has 1 aromatic heterocycles. The smallest absolute Gasteiger partial charge is 0.191 e. The Labute approximate surface area is 130 Å². The van der Waals surface area contributed by atoms with Gasteiger partial charge in [0.25, 0.3) is 0 Å². The van der Waals surface area contributed by atoms with Crippen LogP contribution in [-0.4, -0.2) is 27.1 Å². The van der Waals surface area contributed by atoms with Crippen molar-refractivity contribution in [3.8, 4) is 0 Å². The molecule has 5 heteroatoms. The SMILES string of the molecule is CNC1c2ccccc2C(C)CC1Sc1nnc(C)n1C. The average molecular weight is 302 g/mol. The second-order valence-electron chi connectivity index (χ2n) is 5.78. The maximum atomic E-state index is 4.31. The summed E-state index contributed by atoms with van der Waals surface area (Å²) in [5, 5.41) is 13.5. The maximum absolute atomic E-state index is 4.31. The number of hydrogen-bond donors (Lipinski definition) is 1. The highest BCUT2D eigenvalue weighted by atomic mass is 32.2. The van der Waals surface area contributed by atoms with Crippen molar-refractivity contribution >= 4 is 11.8 Å². The van der Waals surface area contributed by atoms with Gasteiger partial charge in [0, 0.05) is 18.3 Å². The van der Waals surface area contributed by atoms with Crippen LogP contribution in [0.3, 0.4) is 0 Å². The minimum absolute atomic E-state index is 0.361. The summed E-state index contributed by atoms with van der Waals surface area (Å²) in [6.07, 6.45) is 1.15. The second kappa shape index (κ2) is 5.81. The quantitative estimate of drug-likeness (QED) is 0.946. The van der Waals surface area contributed by atoms with Crippen molar-refractivity contribution in [2.75, 3.05) is 7.05 Å². The van der Waals surface area contributed by atoms with Gasteiger partial charge in [-0.3, -0.25) is 0 Å². The monoisotopic (exact) mass is 302 g/mol. The molecule has 3 atom stereocenters. The van der Waals surface area contributed by atoms with Crippen molar-refractivity contribution < 1.29 is 0 Å². The van der Waals surface area contributed by atoms with Crippen molar-refractivity contribution in [2.24, 2.45) is 7.05 Å². The van der Waals surface area contributed by atoms with Crippen LogP contribution in [0.25, 0.3) is 0 Å². The van der Waals surface area contributed by atoms with E-state index in [9.17, 15) is 0 Å². The van der Waals surface area contributed by atoms with Crippen LogP contribution in [0.15, 0.2) is 29.4 Å². The van der Waals surface area contributed by atoms with Crippen LogP contribution in [0, 0.1) is 6.92 Å². The highest BCUT2D eigenvalue weighted by Crippen LogP contribution is 2.44. The molecule has 0 fully saturated rings. The fourth-order valence-electron chi connectivity index (χ4n) is 3.14. The molecule has 21 heavy (non-hydrogen) atoms. The minimum Gasteiger partial charge on any atom is -0.312 e. The predicted octanol–water partition coefficient (Wildman–Crippen LogP) is 3.05. The van der Waals surface area contributed by atoms with Gasteiger partial charge < -0.3 is 9.88 Å². The van der Waals surface area contributed by atoms with Crippen molar-refractivity contribution in [3.05, 3.63) is 41.2 Å². The minimum atomic E-state index is 0.361. The molecule has 112 valence electrons. The number of benzene rings is 1. The third-order valence-corrected chi connectivity index (χ3v) is 5.77. The number of rotatable bonds is 3. The van der Waals surface area contributed by atoms with Crippen LogP contribution in [0.1, 0.15) is 42.3 Å². The van der Waals surface area contributed by atoms with Crippen LogP contribution in [0.5, 0.6) is 0 Å². The molecule has 0 saturated carbocycles. The predicted molar refractivity (Wildman–Crippen MR) is 86.7 cm³/mol. The summed E-state index contributed by atoms with van der Waals surface area (Å²) in [6, 6.07) is 9.15. The Balaban J connectivity index is 1.91. The third kappa shape index (κ3) is 2.60. The van der Waals surface area contributed by atoms with Crippen LogP contribution in [0.4, 0.5) is 0 Å². The fraction of sp³-hybridized carbons (Fsp3) is 0.500. The number of aromatic nitrogens is 3. The molecule has 1 heterocycles. The Morgan fingerprint density at radius 2 is 1.95 bits per heavy atom. The first-order valence-electron chi connectivity index (χ1n) is 7.40. The van der Waals surface area contributed by atoms with Gasteiger partial charge in [0.2, 0.25) is 0 Å². The van der Waals surface area contributed by atoms with E-state index in [0.29, 0.717) is 17.2 Å². The highest BCUT2D eigenvalue weighted by Gasteiger charge is 2.33. The van der Waals surface area contributed by atoms with Gasteiger partial charge in [-0.1, -0.05) is 43.0 Å². The fourth-order valence-corrected chi connectivity index (χ4v) is 4.59. The van der Waals surface area contributed by atoms with E-state index in [2.05, 4.69) is 51.3 Å². The van der Waals surface area contributed by atoms with Gasteiger partial charge >= 0.3 is 0 Å². The topological polar surface area (TPSA) is 42.7 Å². The van der Waals surface area contributed by atoms with Crippen LogP contribution in [-0.2, 0) is 7.05 Å². The Morgan fingerprint density at radius 3 is 2.57 bits per heavy atom. The highest BCUT2D eigenvalue weighted by molar-refractivity contribution is 7.99. The van der Waals surface area contributed by atoms with Crippen LogP contribution in [0.2, 0.25) is 0 Å². The summed E-state index contributed by atoms with van der Waals surface area (Å²) in [6.45, 7) is 4.31. The van der Waals surface area contributed by atoms with Gasteiger partial charge in [0.15, 0.2) is 5.16 Å². The van der Waals surface area contributed by atoms with Gasteiger partial charge in [-0.2, -0.15) is 0 Å². The Kier molecular flexibility index (Phi) is 4.04. The lowest BCUT2D eigenvalue weighted by Gasteiger charge is -2.36. The standard InChI is InChI=1S/C16H22N4S/c1-10-9-14(21-16-19-18-11(2)20(16)4)15(17-3)13-8-6-5-7-12(10)13/h5-8,10,14-15,17H,9H2,1-4H3. The molecule has 0 radical (unpaired) electrons. The first-order valence-corrected chi connectivity index (χ1v) is 8.28. The van der Waals surface area contributed by atoms with Crippen LogP contribution >= 0.6 is 11.8 Å². The summed E-state index contributed by atoms with van der Waals surface area (Å²) in [5.74, 6) is 1.54. The van der Waals surface area contributed by atoms with E-state index in [-0.39, 0.29) is 0 Å². The summed E-state index contributed by atoms with van der Waals surface area (Å²) < 4.78 is 2.07. The molecule has 1 N–H and O–H groups in total. The zero-order chi connectivity index (χ0) is 15.0. The summed E-state index contributed by atoms with van der Waals surface area (Å²) in [4.78, 5) is 0. The third-order valence-electron chi connectivity index (χ3n) is 4.44. The lowest BCUT2D eigenvalue weighted by atomic mass is 9.81. The molecule has 1 aromatic carbocycles. The van der Waals surface area contributed by atoms with Gasteiger partial charge in [0.05, 0.1) is 0 Å². The Bertz CT molecular complexity index is 637. The second-order valence-corrected chi connectivity index (χ2v) is 6.98. The van der Waals surface area contributed by atoms with E-state index in [1.165, 1.54) is 11.1 Å². The Morgan fingerprint density at radius 1 is 1.24 bits per heavy atom. The number of aryl methyl sites for hydroxylation is 1. The molecule has 3 rings (SSSR count). The van der Waals surface area contributed by atoms with Gasteiger partial charge in [0.1, 0.15) is 5.82 Å². The lowest BCUT2D eigenvalue weighted by Crippen LogP contribution is -2.33. The first kappa shape index (κ1) is 14.6. The number of nitrogens with zero attached hydrogens (tertiary/aromatic N) is 3. The number of thioether (sulfide) groups is 1. The molecule has 0 spiro atoms. The van der Waals surface area contributed by atoms with Gasteiger partial charge in [-0.25, -0.2) is 0 Å². The van der Waals surface area contributed by atoms with E-state index in [0.717, 1.165) is 17.4 Å². The summed E-state index contributed by atoms with van der Waals surface area (Å²) >= 11 is 1.84. The molecule has 1 aliphatic rings. The van der Waals surface area contributed by atoms with E-state index in [1.54, 1.807) is 0 Å². The zero-order valence-electron chi connectivity index (χ0n) is 13.0. The van der Waals surface area contributed by atoms with Gasteiger partial charge in [-0.15, -0.1) is 10.2 Å².